The molecule has 0 aliphatic heterocycles. The predicted octanol–water partition coefficient (Wildman–Crippen LogP) is 1.67. The van der Waals surface area contributed by atoms with E-state index in [1.165, 1.54) is 19.2 Å². The maximum Gasteiger partial charge on any atom is 0.244 e. The molecule has 7 nitrogen and oxygen atoms in total. The van der Waals surface area contributed by atoms with Crippen LogP contribution in [0.4, 0.5) is 5.69 Å². The molecule has 0 saturated heterocycles. The maximum atomic E-state index is 12.0. The fourth-order valence-electron chi connectivity index (χ4n) is 2.24. The summed E-state index contributed by atoms with van der Waals surface area (Å²) in [6.07, 6.45) is 2.98. The van der Waals surface area contributed by atoms with E-state index in [1.54, 1.807) is 25.1 Å². The summed E-state index contributed by atoms with van der Waals surface area (Å²) in [6.45, 7) is 1.43. The standard InChI is InChI=1S/C19H21N3O4S/c1-14-8-10-16(12-17(14)27(25,26)20-2)22-19(24)13-21-18(23)11-9-15-6-4-3-5-7-15/h3-12,20H,13H2,1-2H3,(H,21,23)(H,22,24)/b11-9+. The molecule has 2 amide bonds. The summed E-state index contributed by atoms with van der Waals surface area (Å²) in [4.78, 5) is 23.8. The van der Waals surface area contributed by atoms with E-state index >= 15 is 0 Å². The molecule has 2 aromatic rings. The van der Waals surface area contributed by atoms with Crippen molar-refractivity contribution in [2.24, 2.45) is 0 Å². The molecule has 0 aliphatic carbocycles. The highest BCUT2D eigenvalue weighted by atomic mass is 32.2. The Kier molecular flexibility index (Phi) is 6.86. The van der Waals surface area contributed by atoms with Crippen molar-refractivity contribution in [3.8, 4) is 0 Å². The van der Waals surface area contributed by atoms with Crippen LogP contribution in [0.25, 0.3) is 6.08 Å². The zero-order valence-corrected chi connectivity index (χ0v) is 15.8. The van der Waals surface area contributed by atoms with Gasteiger partial charge in [-0.15, -0.1) is 0 Å². The minimum absolute atomic E-state index is 0.0811. The molecule has 0 aliphatic rings. The molecule has 8 heteroatoms. The summed E-state index contributed by atoms with van der Waals surface area (Å²) in [5.74, 6) is -0.871. The van der Waals surface area contributed by atoms with Gasteiger partial charge < -0.3 is 10.6 Å². The second kappa shape index (κ2) is 9.11. The molecule has 3 N–H and O–H groups in total. The second-order valence-electron chi connectivity index (χ2n) is 5.70. The second-order valence-corrected chi connectivity index (χ2v) is 7.55. The first-order chi connectivity index (χ1) is 12.8. The van der Waals surface area contributed by atoms with Crippen LogP contribution in [-0.4, -0.2) is 33.8 Å². The van der Waals surface area contributed by atoms with E-state index in [9.17, 15) is 18.0 Å². The van der Waals surface area contributed by atoms with E-state index in [-0.39, 0.29) is 11.4 Å². The molecule has 0 fully saturated rings. The van der Waals surface area contributed by atoms with E-state index in [2.05, 4.69) is 15.4 Å². The van der Waals surface area contributed by atoms with Gasteiger partial charge in [-0.2, -0.15) is 0 Å². The van der Waals surface area contributed by atoms with Crippen molar-refractivity contribution in [1.82, 2.24) is 10.0 Å². The van der Waals surface area contributed by atoms with Crippen molar-refractivity contribution >= 4 is 33.6 Å². The molecule has 0 unspecified atom stereocenters. The van der Waals surface area contributed by atoms with Gasteiger partial charge in [0.15, 0.2) is 0 Å². The number of anilines is 1. The third-order valence-corrected chi connectivity index (χ3v) is 5.24. The lowest BCUT2D eigenvalue weighted by Crippen LogP contribution is -2.31. The largest absolute Gasteiger partial charge is 0.343 e. The summed E-state index contributed by atoms with van der Waals surface area (Å²) in [7, 11) is -2.31. The highest BCUT2D eigenvalue weighted by Crippen LogP contribution is 2.19. The third-order valence-electron chi connectivity index (χ3n) is 3.68. The average Bonchev–Trinajstić information content (AvgIpc) is 2.67. The summed E-state index contributed by atoms with van der Waals surface area (Å²) in [6, 6.07) is 13.9. The first kappa shape index (κ1) is 20.3. The number of amides is 2. The minimum atomic E-state index is -3.63. The molecule has 0 spiro atoms. The number of rotatable bonds is 7. The fraction of sp³-hybridized carbons (Fsp3) is 0.158. The van der Waals surface area contributed by atoms with Gasteiger partial charge >= 0.3 is 0 Å². The highest BCUT2D eigenvalue weighted by Gasteiger charge is 2.15. The monoisotopic (exact) mass is 387 g/mol. The number of aryl methyl sites for hydroxylation is 1. The molecule has 0 aromatic heterocycles. The van der Waals surface area contributed by atoms with Crippen molar-refractivity contribution in [2.45, 2.75) is 11.8 Å². The van der Waals surface area contributed by atoms with Crippen molar-refractivity contribution in [3.63, 3.8) is 0 Å². The van der Waals surface area contributed by atoms with E-state index in [0.717, 1.165) is 5.56 Å². The summed E-state index contributed by atoms with van der Waals surface area (Å²) < 4.78 is 26.2. The van der Waals surface area contributed by atoms with E-state index in [1.807, 2.05) is 30.3 Å². The average molecular weight is 387 g/mol. The van der Waals surface area contributed by atoms with Crippen LogP contribution < -0.4 is 15.4 Å². The number of hydrogen-bond acceptors (Lipinski definition) is 4. The predicted molar refractivity (Wildman–Crippen MR) is 105 cm³/mol. The molecule has 2 aromatic carbocycles. The van der Waals surface area contributed by atoms with Gasteiger partial charge in [-0.25, -0.2) is 13.1 Å². The van der Waals surface area contributed by atoms with Crippen molar-refractivity contribution in [3.05, 3.63) is 65.7 Å². The zero-order valence-electron chi connectivity index (χ0n) is 15.0. The molecule has 0 atom stereocenters. The smallest absolute Gasteiger partial charge is 0.244 e. The van der Waals surface area contributed by atoms with Crippen LogP contribution in [0.3, 0.4) is 0 Å². The van der Waals surface area contributed by atoms with E-state index in [4.69, 9.17) is 0 Å². The topological polar surface area (TPSA) is 104 Å². The Morgan fingerprint density at radius 3 is 2.44 bits per heavy atom. The van der Waals surface area contributed by atoms with Crippen LogP contribution in [0.15, 0.2) is 59.5 Å². The Morgan fingerprint density at radius 1 is 1.07 bits per heavy atom. The lowest BCUT2D eigenvalue weighted by molar-refractivity contribution is -0.121. The van der Waals surface area contributed by atoms with Gasteiger partial charge in [-0.05, 0) is 43.3 Å². The van der Waals surface area contributed by atoms with Gasteiger partial charge in [0.25, 0.3) is 0 Å². The highest BCUT2D eigenvalue weighted by molar-refractivity contribution is 7.89. The summed E-state index contributed by atoms with van der Waals surface area (Å²) in [5.41, 5.74) is 1.75. The Labute approximate surface area is 158 Å². The van der Waals surface area contributed by atoms with Gasteiger partial charge in [-0.3, -0.25) is 9.59 Å². The molecule has 142 valence electrons. The molecule has 2 rings (SSSR count). The minimum Gasteiger partial charge on any atom is -0.343 e. The summed E-state index contributed by atoms with van der Waals surface area (Å²) >= 11 is 0. The lowest BCUT2D eigenvalue weighted by atomic mass is 10.2. The van der Waals surface area contributed by atoms with Crippen LogP contribution in [0.5, 0.6) is 0 Å². The number of sulfonamides is 1. The lowest BCUT2D eigenvalue weighted by Gasteiger charge is -2.10. The number of carbonyl (C=O) groups is 2. The van der Waals surface area contributed by atoms with Crippen molar-refractivity contribution in [2.75, 3.05) is 18.9 Å². The molecular formula is C19H21N3O4S. The van der Waals surface area contributed by atoms with Crippen LogP contribution in [0.2, 0.25) is 0 Å². The molecule has 0 radical (unpaired) electrons. The zero-order chi connectivity index (χ0) is 19.9. The summed E-state index contributed by atoms with van der Waals surface area (Å²) in [5, 5.41) is 5.04. The van der Waals surface area contributed by atoms with Crippen molar-refractivity contribution < 1.29 is 18.0 Å². The Bertz CT molecular complexity index is 954. The molecule has 0 bridgehead atoms. The van der Waals surface area contributed by atoms with Gasteiger partial charge in [0, 0.05) is 11.8 Å². The number of hydrogen-bond donors (Lipinski definition) is 3. The molecule has 27 heavy (non-hydrogen) atoms. The van der Waals surface area contributed by atoms with Gasteiger partial charge in [0.1, 0.15) is 0 Å². The van der Waals surface area contributed by atoms with Crippen LogP contribution in [0, 0.1) is 6.92 Å². The Morgan fingerprint density at radius 2 is 1.78 bits per heavy atom. The number of carbonyl (C=O) groups excluding carboxylic acids is 2. The van der Waals surface area contributed by atoms with E-state index in [0.29, 0.717) is 11.3 Å². The normalized spacial score (nSPS) is 11.3. The van der Waals surface area contributed by atoms with Gasteiger partial charge in [0.05, 0.1) is 11.4 Å². The molecule has 0 saturated carbocycles. The van der Waals surface area contributed by atoms with Crippen LogP contribution >= 0.6 is 0 Å². The first-order valence-electron chi connectivity index (χ1n) is 8.17. The number of nitrogens with one attached hydrogen (secondary N) is 3. The third kappa shape index (κ3) is 6.05. The van der Waals surface area contributed by atoms with Crippen LogP contribution in [-0.2, 0) is 19.6 Å². The Balaban J connectivity index is 1.93. The Hall–Kier alpha value is -2.97. The van der Waals surface area contributed by atoms with Crippen LogP contribution in [0.1, 0.15) is 11.1 Å². The van der Waals surface area contributed by atoms with E-state index < -0.39 is 21.8 Å². The quantitative estimate of drug-likeness (QED) is 0.629. The maximum absolute atomic E-state index is 12.0. The fourth-order valence-corrected chi connectivity index (χ4v) is 3.24. The van der Waals surface area contributed by atoms with Gasteiger partial charge in [-0.1, -0.05) is 36.4 Å². The number of benzene rings is 2. The SMILES string of the molecule is CNS(=O)(=O)c1cc(NC(=O)CNC(=O)/C=C/c2ccccc2)ccc1C. The molecular weight excluding hydrogens is 366 g/mol. The van der Waals surface area contributed by atoms with Crippen molar-refractivity contribution in [1.29, 1.82) is 0 Å². The molecule has 0 heterocycles. The van der Waals surface area contributed by atoms with Gasteiger partial charge in [0.2, 0.25) is 21.8 Å². The first-order valence-corrected chi connectivity index (χ1v) is 9.65.